The predicted octanol–water partition coefficient (Wildman–Crippen LogP) is 2.09. The van der Waals surface area contributed by atoms with E-state index in [-0.39, 0.29) is 12.5 Å². The molecule has 6 heteroatoms. The van der Waals surface area contributed by atoms with Crippen molar-refractivity contribution in [2.75, 3.05) is 13.1 Å². The van der Waals surface area contributed by atoms with Crippen LogP contribution in [0.25, 0.3) is 0 Å². The maximum atomic E-state index is 12.4. The Balaban J connectivity index is 2.20. The van der Waals surface area contributed by atoms with E-state index >= 15 is 0 Å². The van der Waals surface area contributed by atoms with E-state index in [1.165, 1.54) is 6.20 Å². The molecular formula is C14H20N2O4. The van der Waals surface area contributed by atoms with Gasteiger partial charge in [-0.15, -0.1) is 0 Å². The molecule has 0 radical (unpaired) electrons. The van der Waals surface area contributed by atoms with E-state index in [4.69, 9.17) is 4.52 Å². The lowest BCUT2D eigenvalue weighted by Gasteiger charge is -2.39. The second-order valence-corrected chi connectivity index (χ2v) is 5.46. The van der Waals surface area contributed by atoms with Crippen molar-refractivity contribution in [3.63, 3.8) is 0 Å². The third-order valence-electron chi connectivity index (χ3n) is 4.03. The molecule has 1 aliphatic rings. The summed E-state index contributed by atoms with van der Waals surface area (Å²) in [5.74, 6) is -0.527. The summed E-state index contributed by atoms with van der Waals surface area (Å²) >= 11 is 0. The van der Waals surface area contributed by atoms with Crippen LogP contribution in [0.1, 0.15) is 48.7 Å². The summed E-state index contributed by atoms with van der Waals surface area (Å²) in [6.07, 6.45) is 4.12. The molecule has 110 valence electrons. The maximum Gasteiger partial charge on any atom is 0.311 e. The first-order valence-corrected chi connectivity index (χ1v) is 6.94. The lowest BCUT2D eigenvalue weighted by molar-refractivity contribution is -0.152. The minimum atomic E-state index is -0.812. The summed E-state index contributed by atoms with van der Waals surface area (Å²) in [5, 5.41) is 13.1. The minimum Gasteiger partial charge on any atom is -0.481 e. The summed E-state index contributed by atoms with van der Waals surface area (Å²) in [6.45, 7) is 4.50. The molecule has 20 heavy (non-hydrogen) atoms. The number of nitrogens with zero attached hydrogens (tertiary/aromatic N) is 2. The van der Waals surface area contributed by atoms with Crippen LogP contribution < -0.4 is 0 Å². The highest BCUT2D eigenvalue weighted by Gasteiger charge is 2.43. The minimum absolute atomic E-state index is 0.190. The van der Waals surface area contributed by atoms with E-state index in [1.807, 2.05) is 6.92 Å². The topological polar surface area (TPSA) is 83.6 Å². The summed E-state index contributed by atoms with van der Waals surface area (Å²) in [7, 11) is 0. The molecule has 0 aromatic carbocycles. The number of likely N-dealkylation sites (tertiary alicyclic amines) is 1. The molecule has 1 atom stereocenters. The molecule has 0 saturated carbocycles. The summed E-state index contributed by atoms with van der Waals surface area (Å²) in [5.41, 5.74) is -0.393. The maximum absolute atomic E-state index is 12.4. The lowest BCUT2D eigenvalue weighted by Crippen LogP contribution is -2.50. The molecular weight excluding hydrogens is 260 g/mol. The zero-order valence-corrected chi connectivity index (χ0v) is 11.9. The Kier molecular flexibility index (Phi) is 4.11. The quantitative estimate of drug-likeness (QED) is 0.913. The van der Waals surface area contributed by atoms with Crippen molar-refractivity contribution >= 4 is 11.9 Å². The van der Waals surface area contributed by atoms with Crippen molar-refractivity contribution < 1.29 is 19.2 Å². The second kappa shape index (κ2) is 5.64. The van der Waals surface area contributed by atoms with Gasteiger partial charge in [-0.2, -0.15) is 0 Å². The van der Waals surface area contributed by atoms with Crippen LogP contribution in [0.4, 0.5) is 0 Å². The van der Waals surface area contributed by atoms with Crippen molar-refractivity contribution in [3.05, 3.63) is 17.5 Å². The van der Waals surface area contributed by atoms with Crippen molar-refractivity contribution in [1.82, 2.24) is 10.1 Å². The van der Waals surface area contributed by atoms with E-state index in [2.05, 4.69) is 5.16 Å². The number of aromatic nitrogens is 1. The highest BCUT2D eigenvalue weighted by molar-refractivity contribution is 5.95. The Hall–Kier alpha value is -1.85. The van der Waals surface area contributed by atoms with E-state index < -0.39 is 11.4 Å². The van der Waals surface area contributed by atoms with Crippen LogP contribution in [0, 0.1) is 12.3 Å². The normalized spacial score (nSPS) is 22.8. The summed E-state index contributed by atoms with van der Waals surface area (Å²) in [6, 6.07) is 0. The Bertz CT molecular complexity index is 507. The lowest BCUT2D eigenvalue weighted by atomic mass is 9.76. The van der Waals surface area contributed by atoms with Crippen LogP contribution >= 0.6 is 0 Å². The first-order chi connectivity index (χ1) is 9.50. The molecule has 1 amide bonds. The number of aliphatic carboxylic acids is 1. The van der Waals surface area contributed by atoms with Gasteiger partial charge < -0.3 is 14.5 Å². The number of carbonyl (C=O) groups is 2. The van der Waals surface area contributed by atoms with E-state index in [0.717, 1.165) is 6.42 Å². The third kappa shape index (κ3) is 2.55. The number of carbonyl (C=O) groups excluding carboxylic acids is 1. The van der Waals surface area contributed by atoms with Crippen LogP contribution in [0.5, 0.6) is 0 Å². The van der Waals surface area contributed by atoms with Gasteiger partial charge >= 0.3 is 5.97 Å². The Labute approximate surface area is 117 Å². The zero-order valence-electron chi connectivity index (χ0n) is 11.9. The van der Waals surface area contributed by atoms with Crippen molar-refractivity contribution in [1.29, 1.82) is 0 Å². The fraction of sp³-hybridized carbons (Fsp3) is 0.643. The summed E-state index contributed by atoms with van der Waals surface area (Å²) < 4.78 is 4.91. The van der Waals surface area contributed by atoms with Crippen LogP contribution in [0.15, 0.2) is 10.7 Å². The van der Waals surface area contributed by atoms with Crippen LogP contribution in [-0.4, -0.2) is 40.1 Å². The number of carboxylic acid groups (broad SMARTS) is 1. The van der Waals surface area contributed by atoms with Gasteiger partial charge in [0.1, 0.15) is 11.3 Å². The number of hydrogen-bond acceptors (Lipinski definition) is 4. The Morgan fingerprint density at radius 1 is 1.55 bits per heavy atom. The fourth-order valence-corrected chi connectivity index (χ4v) is 2.94. The number of hydrogen-bond donors (Lipinski definition) is 1. The van der Waals surface area contributed by atoms with Gasteiger partial charge in [0.2, 0.25) is 0 Å². The number of carboxylic acids is 1. The van der Waals surface area contributed by atoms with Gasteiger partial charge in [0.25, 0.3) is 5.91 Å². The fourth-order valence-electron chi connectivity index (χ4n) is 2.94. The molecule has 1 fully saturated rings. The highest BCUT2D eigenvalue weighted by atomic mass is 16.5. The van der Waals surface area contributed by atoms with Crippen LogP contribution in [0.3, 0.4) is 0 Å². The molecule has 0 spiro atoms. The second-order valence-electron chi connectivity index (χ2n) is 5.46. The Morgan fingerprint density at radius 3 is 2.85 bits per heavy atom. The number of aryl methyl sites for hydroxylation is 1. The molecule has 0 bridgehead atoms. The number of rotatable bonds is 4. The average Bonchev–Trinajstić information content (AvgIpc) is 2.84. The van der Waals surface area contributed by atoms with E-state index in [0.29, 0.717) is 37.1 Å². The van der Waals surface area contributed by atoms with Crippen molar-refractivity contribution in [2.45, 2.75) is 39.5 Å². The molecule has 1 N–H and O–H groups in total. The van der Waals surface area contributed by atoms with Gasteiger partial charge in [0, 0.05) is 13.1 Å². The monoisotopic (exact) mass is 280 g/mol. The Morgan fingerprint density at radius 2 is 2.30 bits per heavy atom. The third-order valence-corrected chi connectivity index (χ3v) is 4.03. The molecule has 0 aliphatic carbocycles. The molecule has 1 unspecified atom stereocenters. The predicted molar refractivity (Wildman–Crippen MR) is 71.4 cm³/mol. The van der Waals surface area contributed by atoms with Gasteiger partial charge in [-0.3, -0.25) is 9.59 Å². The smallest absolute Gasteiger partial charge is 0.311 e. The number of piperidine rings is 1. The molecule has 6 nitrogen and oxygen atoms in total. The van der Waals surface area contributed by atoms with Crippen LogP contribution in [-0.2, 0) is 4.79 Å². The first-order valence-electron chi connectivity index (χ1n) is 6.94. The van der Waals surface area contributed by atoms with Crippen molar-refractivity contribution in [3.8, 4) is 0 Å². The molecule has 1 aromatic heterocycles. The molecule has 1 aliphatic heterocycles. The largest absolute Gasteiger partial charge is 0.481 e. The average molecular weight is 280 g/mol. The first kappa shape index (κ1) is 14.6. The standard InChI is InChI=1S/C14H20N2O4/c1-3-5-14(13(18)19)6-4-7-16(9-14)12(17)11-8-15-20-10(11)2/h8H,3-7,9H2,1-2H3,(H,18,19). The molecule has 2 rings (SSSR count). The van der Waals surface area contributed by atoms with Crippen molar-refractivity contribution in [2.24, 2.45) is 5.41 Å². The van der Waals surface area contributed by atoms with Gasteiger partial charge in [-0.25, -0.2) is 0 Å². The molecule has 2 heterocycles. The zero-order chi connectivity index (χ0) is 14.8. The SMILES string of the molecule is CCCC1(C(=O)O)CCCN(C(=O)c2cnoc2C)C1. The van der Waals surface area contributed by atoms with Gasteiger partial charge in [0.05, 0.1) is 11.6 Å². The van der Waals surface area contributed by atoms with E-state index in [9.17, 15) is 14.7 Å². The van der Waals surface area contributed by atoms with E-state index in [1.54, 1.807) is 11.8 Å². The summed E-state index contributed by atoms with van der Waals surface area (Å²) in [4.78, 5) is 25.7. The van der Waals surface area contributed by atoms with Gasteiger partial charge in [0.15, 0.2) is 0 Å². The molecule has 1 aromatic rings. The molecule has 1 saturated heterocycles. The number of amides is 1. The highest BCUT2D eigenvalue weighted by Crippen LogP contribution is 2.35. The van der Waals surface area contributed by atoms with Gasteiger partial charge in [-0.1, -0.05) is 18.5 Å². The van der Waals surface area contributed by atoms with Crippen LogP contribution in [0.2, 0.25) is 0 Å². The van der Waals surface area contributed by atoms with Gasteiger partial charge in [-0.05, 0) is 26.2 Å².